The number of rotatable bonds is 3. The van der Waals surface area contributed by atoms with Crippen molar-refractivity contribution in [1.29, 1.82) is 5.26 Å². The summed E-state index contributed by atoms with van der Waals surface area (Å²) in [5.74, 6) is 0.0518. The van der Waals surface area contributed by atoms with Crippen LogP contribution in [0.25, 0.3) is 0 Å². The van der Waals surface area contributed by atoms with Crippen LogP contribution in [0.3, 0.4) is 0 Å². The zero-order valence-corrected chi connectivity index (χ0v) is 12.0. The van der Waals surface area contributed by atoms with Crippen LogP contribution in [0.4, 0.5) is 5.82 Å². The highest BCUT2D eigenvalue weighted by Crippen LogP contribution is 2.23. The molecule has 0 atom stereocenters. The van der Waals surface area contributed by atoms with Gasteiger partial charge in [-0.2, -0.15) is 5.26 Å². The fraction of sp³-hybridized carbons (Fsp3) is 0.0769. The zero-order valence-electron chi connectivity index (χ0n) is 10.5. The van der Waals surface area contributed by atoms with Gasteiger partial charge in [0.25, 0.3) is 10.0 Å². The van der Waals surface area contributed by atoms with E-state index < -0.39 is 10.0 Å². The number of aryl methyl sites for hydroxylation is 1. The smallest absolute Gasteiger partial charge is 0.262 e. The Morgan fingerprint density at radius 1 is 1.35 bits per heavy atom. The van der Waals surface area contributed by atoms with Crippen LogP contribution in [0.5, 0.6) is 0 Å². The van der Waals surface area contributed by atoms with Crippen LogP contribution < -0.4 is 4.72 Å². The second-order valence-electron chi connectivity index (χ2n) is 4.03. The fourth-order valence-corrected chi connectivity index (χ4v) is 3.13. The summed E-state index contributed by atoms with van der Waals surface area (Å²) < 4.78 is 27.0. The number of pyridine rings is 1. The van der Waals surface area contributed by atoms with E-state index >= 15 is 0 Å². The molecule has 1 aromatic carbocycles. The van der Waals surface area contributed by atoms with E-state index in [4.69, 9.17) is 16.9 Å². The van der Waals surface area contributed by atoms with Crippen LogP contribution in [0.15, 0.2) is 41.4 Å². The topological polar surface area (TPSA) is 82.8 Å². The summed E-state index contributed by atoms with van der Waals surface area (Å²) in [5, 5.41) is 9.05. The van der Waals surface area contributed by atoms with Crippen LogP contribution >= 0.6 is 11.6 Å². The Bertz CT molecular complexity index is 798. The van der Waals surface area contributed by atoms with Gasteiger partial charge in [0.1, 0.15) is 0 Å². The summed E-state index contributed by atoms with van der Waals surface area (Å²) >= 11 is 5.87. The molecule has 7 heteroatoms. The van der Waals surface area contributed by atoms with Crippen LogP contribution in [0.1, 0.15) is 11.1 Å². The van der Waals surface area contributed by atoms with E-state index in [1.165, 1.54) is 18.3 Å². The van der Waals surface area contributed by atoms with Crippen molar-refractivity contribution in [2.24, 2.45) is 0 Å². The highest BCUT2D eigenvalue weighted by Gasteiger charge is 2.19. The van der Waals surface area contributed by atoms with Crippen molar-refractivity contribution in [2.45, 2.75) is 11.8 Å². The van der Waals surface area contributed by atoms with E-state index in [0.717, 1.165) is 0 Å². The van der Waals surface area contributed by atoms with Crippen LogP contribution in [-0.2, 0) is 10.0 Å². The number of nitrogens with zero attached hydrogens (tertiary/aromatic N) is 2. The first kappa shape index (κ1) is 14.3. The molecule has 2 aromatic rings. The van der Waals surface area contributed by atoms with Gasteiger partial charge in [-0.15, -0.1) is 0 Å². The van der Waals surface area contributed by atoms with Crippen molar-refractivity contribution >= 4 is 27.4 Å². The van der Waals surface area contributed by atoms with Crippen molar-refractivity contribution in [3.8, 4) is 6.07 Å². The quantitative estimate of drug-likeness (QED) is 0.945. The summed E-state index contributed by atoms with van der Waals surface area (Å²) in [6, 6.07) is 9.49. The lowest BCUT2D eigenvalue weighted by Crippen LogP contribution is -2.15. The van der Waals surface area contributed by atoms with Crippen molar-refractivity contribution in [3.05, 3.63) is 52.7 Å². The normalized spacial score (nSPS) is 10.8. The lowest BCUT2D eigenvalue weighted by Gasteiger charge is -2.10. The molecular formula is C13H10ClN3O2S. The van der Waals surface area contributed by atoms with E-state index in [-0.39, 0.29) is 21.3 Å². The molecule has 0 fully saturated rings. The largest absolute Gasteiger partial charge is 0.263 e. The summed E-state index contributed by atoms with van der Waals surface area (Å²) in [5.41, 5.74) is 0.798. The first-order valence-corrected chi connectivity index (χ1v) is 7.44. The maximum Gasteiger partial charge on any atom is 0.263 e. The van der Waals surface area contributed by atoms with Gasteiger partial charge in [-0.3, -0.25) is 4.72 Å². The van der Waals surface area contributed by atoms with E-state index in [1.54, 1.807) is 25.1 Å². The molecule has 1 N–H and O–H groups in total. The molecule has 0 radical (unpaired) electrons. The number of hydrogen-bond acceptors (Lipinski definition) is 4. The van der Waals surface area contributed by atoms with Gasteiger partial charge in [-0.1, -0.05) is 17.7 Å². The van der Waals surface area contributed by atoms with Gasteiger partial charge >= 0.3 is 0 Å². The molecule has 0 saturated carbocycles. The Labute approximate surface area is 121 Å². The number of halogens is 1. The molecule has 0 aliphatic rings. The van der Waals surface area contributed by atoms with Gasteiger partial charge in [-0.25, -0.2) is 13.4 Å². The summed E-state index contributed by atoms with van der Waals surface area (Å²) in [7, 11) is -3.85. The molecule has 5 nitrogen and oxygen atoms in total. The SMILES string of the molecule is Cc1ccc(C#N)cc1S(=O)(=O)Nc1ncccc1Cl. The van der Waals surface area contributed by atoms with Crippen LogP contribution in [-0.4, -0.2) is 13.4 Å². The number of nitriles is 1. The summed E-state index contributed by atoms with van der Waals surface area (Å²) in [6.45, 7) is 1.65. The van der Waals surface area contributed by atoms with E-state index in [0.29, 0.717) is 5.56 Å². The molecule has 0 bridgehead atoms. The molecule has 0 spiro atoms. The van der Waals surface area contributed by atoms with Gasteiger partial charge in [0.05, 0.1) is 21.6 Å². The summed E-state index contributed by atoms with van der Waals surface area (Å²) in [6.07, 6.45) is 1.43. The van der Waals surface area contributed by atoms with Crippen molar-refractivity contribution in [3.63, 3.8) is 0 Å². The third-order valence-electron chi connectivity index (χ3n) is 2.60. The van der Waals surface area contributed by atoms with E-state index in [9.17, 15) is 8.42 Å². The number of anilines is 1. The third-order valence-corrected chi connectivity index (χ3v) is 4.38. The number of sulfonamides is 1. The average molecular weight is 308 g/mol. The molecule has 2 rings (SSSR count). The van der Waals surface area contributed by atoms with Crippen LogP contribution in [0.2, 0.25) is 5.02 Å². The average Bonchev–Trinajstić information content (AvgIpc) is 2.41. The predicted molar refractivity (Wildman–Crippen MR) is 75.9 cm³/mol. The number of nitrogens with one attached hydrogen (secondary N) is 1. The monoisotopic (exact) mass is 307 g/mol. The predicted octanol–water partition coefficient (Wildman–Crippen LogP) is 2.72. The van der Waals surface area contributed by atoms with Gasteiger partial charge < -0.3 is 0 Å². The highest BCUT2D eigenvalue weighted by atomic mass is 35.5. The van der Waals surface area contributed by atoms with Crippen molar-refractivity contribution < 1.29 is 8.42 Å². The molecule has 1 heterocycles. The number of aromatic nitrogens is 1. The minimum atomic E-state index is -3.85. The first-order chi connectivity index (χ1) is 9.44. The van der Waals surface area contributed by atoms with Gasteiger partial charge in [0, 0.05) is 6.20 Å². The second kappa shape index (κ2) is 5.49. The lowest BCUT2D eigenvalue weighted by atomic mass is 10.2. The molecule has 0 saturated heterocycles. The highest BCUT2D eigenvalue weighted by molar-refractivity contribution is 7.92. The third kappa shape index (κ3) is 2.90. The minimum absolute atomic E-state index is 0.0262. The molecule has 1 aromatic heterocycles. The van der Waals surface area contributed by atoms with Gasteiger partial charge in [0.2, 0.25) is 0 Å². The molecule has 0 amide bonds. The lowest BCUT2D eigenvalue weighted by molar-refractivity contribution is 0.600. The Hall–Kier alpha value is -2.10. The second-order valence-corrected chi connectivity index (χ2v) is 6.09. The van der Waals surface area contributed by atoms with Crippen LogP contribution in [0, 0.1) is 18.3 Å². The Kier molecular flexibility index (Phi) is 3.93. The molecular weight excluding hydrogens is 298 g/mol. The first-order valence-electron chi connectivity index (χ1n) is 5.58. The van der Waals surface area contributed by atoms with E-state index in [1.807, 2.05) is 6.07 Å². The molecule has 0 aliphatic heterocycles. The maximum atomic E-state index is 12.3. The van der Waals surface area contributed by atoms with Crippen molar-refractivity contribution in [1.82, 2.24) is 4.98 Å². The number of benzene rings is 1. The maximum absolute atomic E-state index is 12.3. The molecule has 0 aliphatic carbocycles. The molecule has 20 heavy (non-hydrogen) atoms. The molecule has 102 valence electrons. The fourth-order valence-electron chi connectivity index (χ4n) is 1.60. The standard InChI is InChI=1S/C13H10ClN3O2S/c1-9-4-5-10(8-15)7-12(9)20(18,19)17-13-11(14)3-2-6-16-13/h2-7H,1H3,(H,16,17). The Morgan fingerprint density at radius 3 is 2.75 bits per heavy atom. The van der Waals surface area contributed by atoms with Gasteiger partial charge in [0.15, 0.2) is 5.82 Å². The van der Waals surface area contributed by atoms with Crippen molar-refractivity contribution in [2.75, 3.05) is 4.72 Å². The minimum Gasteiger partial charge on any atom is -0.262 e. The Morgan fingerprint density at radius 2 is 2.10 bits per heavy atom. The van der Waals surface area contributed by atoms with Gasteiger partial charge in [-0.05, 0) is 36.8 Å². The molecule has 0 unspecified atom stereocenters. The summed E-state index contributed by atoms with van der Waals surface area (Å²) in [4.78, 5) is 3.90. The Balaban J connectivity index is 2.47. The zero-order chi connectivity index (χ0) is 14.8. The van der Waals surface area contributed by atoms with E-state index in [2.05, 4.69) is 9.71 Å². The number of hydrogen-bond donors (Lipinski definition) is 1.